The van der Waals surface area contributed by atoms with Crippen LogP contribution in [0.5, 0.6) is 0 Å². The smallest absolute Gasteiger partial charge is 0.243 e. The molecule has 4 aromatic rings. The predicted molar refractivity (Wildman–Crippen MR) is 113 cm³/mol. The zero-order valence-corrected chi connectivity index (χ0v) is 17.5. The highest BCUT2D eigenvalue weighted by Crippen LogP contribution is 2.48. The average molecular weight is 460 g/mol. The third-order valence-corrected chi connectivity index (χ3v) is 7.38. The van der Waals surface area contributed by atoms with Gasteiger partial charge in [0.2, 0.25) is 10.0 Å². The topological polar surface area (TPSA) is 90.6 Å². The summed E-state index contributed by atoms with van der Waals surface area (Å²) in [4.78, 5) is 3.11. The van der Waals surface area contributed by atoms with Crippen molar-refractivity contribution in [2.75, 3.05) is 6.54 Å². The molecular formula is C22H19F3N4O2S. The van der Waals surface area contributed by atoms with Crippen molar-refractivity contribution in [3.63, 3.8) is 0 Å². The minimum atomic E-state index is -3.65. The van der Waals surface area contributed by atoms with Crippen molar-refractivity contribution in [1.82, 2.24) is 19.9 Å². The highest BCUT2D eigenvalue weighted by Gasteiger charge is 2.35. The van der Waals surface area contributed by atoms with Crippen molar-refractivity contribution in [3.8, 4) is 11.3 Å². The summed E-state index contributed by atoms with van der Waals surface area (Å²) in [6.07, 6.45) is 3.83. The van der Waals surface area contributed by atoms with Gasteiger partial charge in [-0.25, -0.2) is 26.3 Å². The second-order valence-corrected chi connectivity index (χ2v) is 9.82. The monoisotopic (exact) mass is 460 g/mol. The van der Waals surface area contributed by atoms with E-state index in [2.05, 4.69) is 19.9 Å². The fourth-order valence-corrected chi connectivity index (χ4v) is 5.36. The maximum atomic E-state index is 14.5. The van der Waals surface area contributed by atoms with Crippen LogP contribution in [0.25, 0.3) is 22.2 Å². The van der Waals surface area contributed by atoms with Gasteiger partial charge in [0.15, 0.2) is 0 Å². The number of fused-ring (bicyclic) bond motifs is 1. The molecule has 3 N–H and O–H groups in total. The van der Waals surface area contributed by atoms with Crippen molar-refractivity contribution in [1.29, 1.82) is 0 Å². The van der Waals surface area contributed by atoms with Crippen molar-refractivity contribution in [3.05, 3.63) is 71.8 Å². The summed E-state index contributed by atoms with van der Waals surface area (Å²) >= 11 is 0. The number of hydrogen-bond acceptors (Lipinski definition) is 3. The number of benzene rings is 2. The number of H-pyrrole nitrogens is 2. The van der Waals surface area contributed by atoms with Gasteiger partial charge in [-0.05, 0) is 66.1 Å². The Bertz CT molecular complexity index is 1380. The Morgan fingerprint density at radius 3 is 2.50 bits per heavy atom. The van der Waals surface area contributed by atoms with Gasteiger partial charge in [-0.3, -0.25) is 5.10 Å². The second kappa shape index (κ2) is 7.79. The summed E-state index contributed by atoms with van der Waals surface area (Å²) in [5, 5.41) is 6.57. The molecule has 166 valence electrons. The Labute approximate surface area is 181 Å². The molecule has 1 fully saturated rings. The lowest BCUT2D eigenvalue weighted by Gasteiger charge is -2.36. The Balaban J connectivity index is 1.42. The van der Waals surface area contributed by atoms with E-state index in [9.17, 15) is 21.6 Å². The minimum absolute atomic E-state index is 0.0200. The van der Waals surface area contributed by atoms with Crippen LogP contribution in [0.2, 0.25) is 0 Å². The van der Waals surface area contributed by atoms with Crippen LogP contribution in [0.4, 0.5) is 13.2 Å². The molecule has 0 saturated heterocycles. The van der Waals surface area contributed by atoms with Gasteiger partial charge >= 0.3 is 0 Å². The number of nitrogens with zero attached hydrogens (tertiary/aromatic N) is 1. The highest BCUT2D eigenvalue weighted by atomic mass is 32.2. The molecule has 10 heteroatoms. The van der Waals surface area contributed by atoms with Crippen LogP contribution in [0.3, 0.4) is 0 Å². The van der Waals surface area contributed by atoms with E-state index < -0.39 is 27.5 Å². The number of halogens is 3. The van der Waals surface area contributed by atoms with Crippen molar-refractivity contribution in [2.24, 2.45) is 5.92 Å². The standard InChI is InChI=1S/C22H19F3N4O2S/c23-15-3-1-13(2-4-15)21-20(18-7-16(24)8-19(25)22(18)29-21)14-5-12(6-14)9-28-32(30,31)17-10-26-27-11-17/h1-4,7-8,10-12,14,28-29H,5-6,9H2,(H,26,27). The summed E-state index contributed by atoms with van der Waals surface area (Å²) < 4.78 is 69.0. The van der Waals surface area contributed by atoms with Gasteiger partial charge < -0.3 is 4.98 Å². The van der Waals surface area contributed by atoms with Crippen LogP contribution >= 0.6 is 0 Å². The molecule has 6 nitrogen and oxygen atoms in total. The first-order valence-electron chi connectivity index (χ1n) is 10.1. The molecule has 1 aliphatic rings. The lowest BCUT2D eigenvalue weighted by Crippen LogP contribution is -2.35. The number of nitrogens with one attached hydrogen (secondary N) is 3. The van der Waals surface area contributed by atoms with Gasteiger partial charge in [-0.2, -0.15) is 5.10 Å². The van der Waals surface area contributed by atoms with Crippen LogP contribution in [-0.4, -0.2) is 30.1 Å². The van der Waals surface area contributed by atoms with Gasteiger partial charge in [0.25, 0.3) is 0 Å². The number of hydrogen-bond donors (Lipinski definition) is 3. The zero-order chi connectivity index (χ0) is 22.5. The lowest BCUT2D eigenvalue weighted by molar-refractivity contribution is 0.267. The zero-order valence-electron chi connectivity index (χ0n) is 16.7. The molecular weight excluding hydrogens is 441 g/mol. The van der Waals surface area contributed by atoms with Crippen LogP contribution in [0, 0.1) is 23.4 Å². The van der Waals surface area contributed by atoms with E-state index in [0.29, 0.717) is 29.5 Å². The summed E-state index contributed by atoms with van der Waals surface area (Å²) in [5.74, 6) is -1.71. The van der Waals surface area contributed by atoms with Crippen molar-refractivity contribution in [2.45, 2.75) is 23.7 Å². The SMILES string of the molecule is O=S(=O)(NCC1CC(c2c(-c3ccc(F)cc3)[nH]c3c(F)cc(F)cc23)C1)c1cn[nH]c1. The van der Waals surface area contributed by atoms with E-state index >= 15 is 0 Å². The Hall–Kier alpha value is -3.11. The van der Waals surface area contributed by atoms with Gasteiger partial charge in [0.1, 0.15) is 22.3 Å². The Morgan fingerprint density at radius 2 is 1.81 bits per heavy atom. The Morgan fingerprint density at radius 1 is 1.06 bits per heavy atom. The van der Waals surface area contributed by atoms with Crippen LogP contribution in [-0.2, 0) is 10.0 Å². The summed E-state index contributed by atoms with van der Waals surface area (Å²) in [5.41, 5.74) is 2.25. The highest BCUT2D eigenvalue weighted by molar-refractivity contribution is 7.89. The quantitative estimate of drug-likeness (QED) is 0.397. The fraction of sp³-hybridized carbons (Fsp3) is 0.227. The molecule has 2 heterocycles. The molecule has 2 aromatic carbocycles. The lowest BCUT2D eigenvalue weighted by atomic mass is 9.70. The molecule has 1 aliphatic carbocycles. The van der Waals surface area contributed by atoms with E-state index in [1.807, 2.05) is 0 Å². The van der Waals surface area contributed by atoms with Crippen LogP contribution in [0.15, 0.2) is 53.7 Å². The van der Waals surface area contributed by atoms with E-state index in [4.69, 9.17) is 0 Å². The minimum Gasteiger partial charge on any atom is -0.352 e. The van der Waals surface area contributed by atoms with Gasteiger partial charge in [0.05, 0.1) is 17.4 Å². The number of aromatic amines is 2. The number of rotatable bonds is 6. The van der Waals surface area contributed by atoms with Crippen LogP contribution in [0.1, 0.15) is 24.3 Å². The largest absolute Gasteiger partial charge is 0.352 e. The fourth-order valence-electron chi connectivity index (χ4n) is 4.34. The third kappa shape index (κ3) is 3.69. The molecule has 0 spiro atoms. The molecule has 0 amide bonds. The van der Waals surface area contributed by atoms with Crippen LogP contribution < -0.4 is 4.72 Å². The van der Waals surface area contributed by atoms with Gasteiger partial charge in [0, 0.05) is 24.2 Å². The van der Waals surface area contributed by atoms with E-state index in [1.165, 1.54) is 30.6 Å². The first-order valence-corrected chi connectivity index (χ1v) is 11.5. The van der Waals surface area contributed by atoms with Gasteiger partial charge in [-0.1, -0.05) is 0 Å². The van der Waals surface area contributed by atoms with Crippen molar-refractivity contribution < 1.29 is 21.6 Å². The van der Waals surface area contributed by atoms with Gasteiger partial charge in [-0.15, -0.1) is 0 Å². The first kappa shape index (κ1) is 20.8. The molecule has 32 heavy (non-hydrogen) atoms. The van der Waals surface area contributed by atoms with Crippen molar-refractivity contribution >= 4 is 20.9 Å². The molecule has 0 aliphatic heterocycles. The molecule has 0 unspecified atom stereocenters. The Kier molecular flexibility index (Phi) is 5.06. The third-order valence-electron chi connectivity index (χ3n) is 5.99. The molecule has 0 atom stereocenters. The maximum Gasteiger partial charge on any atom is 0.243 e. The summed E-state index contributed by atoms with van der Waals surface area (Å²) in [6.45, 7) is 0.251. The first-order chi connectivity index (χ1) is 15.3. The number of aromatic nitrogens is 3. The molecule has 5 rings (SSSR count). The van der Waals surface area contributed by atoms with E-state index in [0.717, 1.165) is 11.6 Å². The summed E-state index contributed by atoms with van der Waals surface area (Å²) in [6, 6.07) is 7.93. The van der Waals surface area contributed by atoms with E-state index in [1.54, 1.807) is 12.1 Å². The molecule has 0 radical (unpaired) electrons. The molecule has 0 bridgehead atoms. The maximum absolute atomic E-state index is 14.5. The average Bonchev–Trinajstić information content (AvgIpc) is 3.37. The molecule has 2 aromatic heterocycles. The normalized spacial score (nSPS) is 18.7. The molecule has 1 saturated carbocycles. The number of sulfonamides is 1. The van der Waals surface area contributed by atoms with E-state index in [-0.39, 0.29) is 28.8 Å². The second-order valence-electron chi connectivity index (χ2n) is 8.05. The predicted octanol–water partition coefficient (Wildman–Crippen LogP) is 4.45. The summed E-state index contributed by atoms with van der Waals surface area (Å²) in [7, 11) is -3.65.